The summed E-state index contributed by atoms with van der Waals surface area (Å²) in [7, 11) is -0.0229. The fourth-order valence-corrected chi connectivity index (χ4v) is 3.22. The molecule has 0 radical (unpaired) electrons. The largest absolute Gasteiger partial charge is 0.468 e. The van der Waals surface area contributed by atoms with Crippen LogP contribution in [0.3, 0.4) is 0 Å². The van der Waals surface area contributed by atoms with Gasteiger partial charge in [-0.25, -0.2) is 0 Å². The average Bonchev–Trinajstić information content (AvgIpc) is 2.39. The first-order chi connectivity index (χ1) is 8.60. The van der Waals surface area contributed by atoms with E-state index in [1.54, 1.807) is 12.1 Å². The monoisotopic (exact) mass is 332 g/mol. The molecule has 0 bridgehead atoms. The Hall–Kier alpha value is -0.680. The third-order valence-electron chi connectivity index (χ3n) is 2.59. The van der Waals surface area contributed by atoms with E-state index in [9.17, 15) is 9.00 Å². The van der Waals surface area contributed by atoms with Crippen molar-refractivity contribution in [1.29, 1.82) is 0 Å². The summed E-state index contributed by atoms with van der Waals surface area (Å²) < 4.78 is 18.0. The van der Waals surface area contributed by atoms with E-state index in [1.165, 1.54) is 7.11 Å². The maximum absolute atomic E-state index is 12.4. The number of esters is 1. The molecule has 0 fully saturated rings. The van der Waals surface area contributed by atoms with Crippen LogP contribution in [0.15, 0.2) is 33.6 Å². The maximum Gasteiger partial charge on any atom is 0.321 e. The molecule has 0 amide bonds. The van der Waals surface area contributed by atoms with Crippen molar-refractivity contribution in [3.8, 4) is 0 Å². The third kappa shape index (κ3) is 4.21. The summed E-state index contributed by atoms with van der Waals surface area (Å²) >= 11 is 3.33. The quantitative estimate of drug-likeness (QED) is 0.751. The Morgan fingerprint density at radius 1 is 1.39 bits per heavy atom. The van der Waals surface area contributed by atoms with Gasteiger partial charge in [0.1, 0.15) is 5.25 Å². The van der Waals surface area contributed by atoms with Gasteiger partial charge in [-0.15, -0.1) is 0 Å². The van der Waals surface area contributed by atoms with Crippen LogP contribution in [0.25, 0.3) is 0 Å². The number of rotatable bonds is 6. The Labute approximate surface area is 119 Å². The van der Waals surface area contributed by atoms with Crippen molar-refractivity contribution in [2.75, 3.05) is 7.11 Å². The van der Waals surface area contributed by atoms with E-state index < -0.39 is 22.0 Å². The number of hydrogen-bond donors (Lipinski definition) is 0. The zero-order chi connectivity index (χ0) is 13.5. The van der Waals surface area contributed by atoms with Gasteiger partial charge < -0.3 is 4.74 Å². The second-order valence-corrected chi connectivity index (χ2v) is 6.46. The second-order valence-electron chi connectivity index (χ2n) is 3.91. The Bertz CT molecular complexity index is 417. The first-order valence-electron chi connectivity index (χ1n) is 5.84. The third-order valence-corrected chi connectivity index (χ3v) is 4.80. The highest BCUT2D eigenvalue weighted by atomic mass is 79.9. The van der Waals surface area contributed by atoms with Crippen LogP contribution in [0.4, 0.5) is 0 Å². The van der Waals surface area contributed by atoms with Gasteiger partial charge in [-0.1, -0.05) is 35.7 Å². The van der Waals surface area contributed by atoms with Crippen LogP contribution in [0, 0.1) is 0 Å². The molecule has 0 aliphatic carbocycles. The SMILES string of the molecule is CCCCC(C(=O)OC)S(=O)c1ccc(Br)cc1. The number of unbranched alkanes of at least 4 members (excludes halogenated alkanes) is 1. The molecule has 2 unspecified atom stereocenters. The van der Waals surface area contributed by atoms with Crippen molar-refractivity contribution in [1.82, 2.24) is 0 Å². The first-order valence-corrected chi connectivity index (χ1v) is 7.84. The molecule has 0 heterocycles. The minimum Gasteiger partial charge on any atom is -0.468 e. The molecular weight excluding hydrogens is 316 g/mol. The zero-order valence-electron chi connectivity index (χ0n) is 10.5. The Kier molecular flexibility index (Phi) is 6.57. The van der Waals surface area contributed by atoms with Crippen molar-refractivity contribution in [2.45, 2.75) is 36.3 Å². The Morgan fingerprint density at radius 3 is 2.50 bits per heavy atom. The summed E-state index contributed by atoms with van der Waals surface area (Å²) in [6.45, 7) is 2.04. The summed E-state index contributed by atoms with van der Waals surface area (Å²) in [4.78, 5) is 12.3. The molecule has 2 atom stereocenters. The summed E-state index contributed by atoms with van der Waals surface area (Å²) in [6, 6.07) is 7.17. The highest BCUT2D eigenvalue weighted by Gasteiger charge is 2.26. The fourth-order valence-electron chi connectivity index (χ4n) is 1.57. The van der Waals surface area contributed by atoms with E-state index in [2.05, 4.69) is 15.9 Å². The van der Waals surface area contributed by atoms with E-state index in [0.717, 1.165) is 17.3 Å². The van der Waals surface area contributed by atoms with E-state index in [4.69, 9.17) is 4.74 Å². The summed E-state index contributed by atoms with van der Waals surface area (Å²) in [6.07, 6.45) is 2.42. The summed E-state index contributed by atoms with van der Waals surface area (Å²) in [5.74, 6) is -0.398. The van der Waals surface area contributed by atoms with Gasteiger partial charge in [0.25, 0.3) is 0 Å². The number of hydrogen-bond acceptors (Lipinski definition) is 3. The lowest BCUT2D eigenvalue weighted by Gasteiger charge is -2.14. The van der Waals surface area contributed by atoms with Gasteiger partial charge >= 0.3 is 5.97 Å². The average molecular weight is 333 g/mol. The molecule has 18 heavy (non-hydrogen) atoms. The van der Waals surface area contributed by atoms with Crippen LogP contribution in [-0.2, 0) is 20.3 Å². The fraction of sp³-hybridized carbons (Fsp3) is 0.462. The number of carbonyl (C=O) groups excluding carboxylic acids is 1. The van der Waals surface area contributed by atoms with E-state index in [-0.39, 0.29) is 0 Å². The molecule has 0 aliphatic rings. The molecule has 5 heteroatoms. The maximum atomic E-state index is 12.4. The molecule has 0 aliphatic heterocycles. The lowest BCUT2D eigenvalue weighted by atomic mass is 10.2. The second kappa shape index (κ2) is 7.69. The number of ether oxygens (including phenoxy) is 1. The number of methoxy groups -OCH3 is 1. The molecule has 1 aromatic rings. The van der Waals surface area contributed by atoms with Crippen molar-refractivity contribution in [2.24, 2.45) is 0 Å². The van der Waals surface area contributed by atoms with Crippen LogP contribution in [0.5, 0.6) is 0 Å². The van der Waals surface area contributed by atoms with Gasteiger partial charge in [0.05, 0.1) is 17.9 Å². The van der Waals surface area contributed by atoms with Gasteiger partial charge in [-0.3, -0.25) is 9.00 Å². The smallest absolute Gasteiger partial charge is 0.321 e. The number of carbonyl (C=O) groups is 1. The topological polar surface area (TPSA) is 43.4 Å². The molecule has 0 saturated carbocycles. The molecule has 0 saturated heterocycles. The van der Waals surface area contributed by atoms with Gasteiger partial charge in [0.2, 0.25) is 0 Å². The summed E-state index contributed by atoms with van der Waals surface area (Å²) in [5, 5.41) is -0.573. The van der Waals surface area contributed by atoms with Gasteiger partial charge in [-0.05, 0) is 30.7 Å². The van der Waals surface area contributed by atoms with Gasteiger partial charge in [0.15, 0.2) is 0 Å². The molecule has 0 aromatic heterocycles. The predicted molar refractivity (Wildman–Crippen MR) is 75.9 cm³/mol. The molecular formula is C13H17BrO3S. The molecule has 3 nitrogen and oxygen atoms in total. The minimum absolute atomic E-state index is 0.398. The molecule has 0 spiro atoms. The van der Waals surface area contributed by atoms with Crippen LogP contribution in [-0.4, -0.2) is 22.5 Å². The normalized spacial score (nSPS) is 13.9. The molecule has 1 rings (SSSR count). The van der Waals surface area contributed by atoms with E-state index >= 15 is 0 Å². The summed E-state index contributed by atoms with van der Waals surface area (Å²) in [5.41, 5.74) is 0. The lowest BCUT2D eigenvalue weighted by molar-refractivity contribution is -0.140. The first kappa shape index (κ1) is 15.4. The van der Waals surface area contributed by atoms with Crippen LogP contribution in [0.1, 0.15) is 26.2 Å². The zero-order valence-corrected chi connectivity index (χ0v) is 12.9. The molecule has 0 N–H and O–H groups in total. The van der Waals surface area contributed by atoms with Crippen molar-refractivity contribution in [3.63, 3.8) is 0 Å². The van der Waals surface area contributed by atoms with Crippen LogP contribution >= 0.6 is 15.9 Å². The van der Waals surface area contributed by atoms with E-state index in [0.29, 0.717) is 11.3 Å². The molecule has 100 valence electrons. The van der Waals surface area contributed by atoms with Crippen LogP contribution in [0.2, 0.25) is 0 Å². The number of benzene rings is 1. The standard InChI is InChI=1S/C13H17BrO3S/c1-3-4-5-12(13(15)17-2)18(16)11-8-6-10(14)7-9-11/h6-9,12H,3-5H2,1-2H3. The Balaban J connectivity index is 2.87. The van der Waals surface area contributed by atoms with Gasteiger partial charge in [0, 0.05) is 9.37 Å². The minimum atomic E-state index is -1.36. The highest BCUT2D eigenvalue weighted by molar-refractivity contribution is 9.10. The predicted octanol–water partition coefficient (Wildman–Crippen LogP) is 3.29. The Morgan fingerprint density at radius 2 is 2.00 bits per heavy atom. The van der Waals surface area contributed by atoms with Gasteiger partial charge in [-0.2, -0.15) is 0 Å². The van der Waals surface area contributed by atoms with Crippen molar-refractivity contribution >= 4 is 32.7 Å². The lowest BCUT2D eigenvalue weighted by Crippen LogP contribution is -2.27. The highest BCUT2D eigenvalue weighted by Crippen LogP contribution is 2.19. The molecule has 1 aromatic carbocycles. The van der Waals surface area contributed by atoms with E-state index in [1.807, 2.05) is 19.1 Å². The van der Waals surface area contributed by atoms with Crippen LogP contribution < -0.4 is 0 Å². The van der Waals surface area contributed by atoms with Crippen molar-refractivity contribution < 1.29 is 13.7 Å². The van der Waals surface area contributed by atoms with Crippen molar-refractivity contribution in [3.05, 3.63) is 28.7 Å². The number of halogens is 1.